The third-order valence-corrected chi connectivity index (χ3v) is 2.08. The average molecular weight is 275 g/mol. The fraction of sp³-hybridized carbons (Fsp3) is 0.556. The molecule has 96 valence electrons. The minimum absolute atomic E-state index is 0.233. The summed E-state index contributed by atoms with van der Waals surface area (Å²) >= 11 is 9.81. The van der Waals surface area contributed by atoms with Gasteiger partial charge in [0.05, 0.1) is 18.5 Å². The molecule has 0 bridgehead atoms. The summed E-state index contributed by atoms with van der Waals surface area (Å²) in [6.45, 7) is 4.12. The van der Waals surface area contributed by atoms with Crippen LogP contribution in [0.15, 0.2) is 10.2 Å². The standard InChI is InChI=1S/C9H17N5OS2/c1-5-15-9(17)13-11-7(2)6-10-12-8(16)14(3)4/h6H,5H2,1-4H3,(H,12,16)(H,13,17)/b10-6+,11-7+. The van der Waals surface area contributed by atoms with Crippen LogP contribution in [0.4, 0.5) is 0 Å². The second-order valence-corrected chi connectivity index (χ2v) is 3.91. The molecule has 0 aromatic carbocycles. The van der Waals surface area contributed by atoms with E-state index in [1.54, 1.807) is 11.8 Å². The van der Waals surface area contributed by atoms with Crippen molar-refractivity contribution in [2.45, 2.75) is 13.8 Å². The summed E-state index contributed by atoms with van der Waals surface area (Å²) in [4.78, 5) is 1.74. The lowest BCUT2D eigenvalue weighted by Gasteiger charge is -2.11. The maximum atomic E-state index is 4.99. The van der Waals surface area contributed by atoms with E-state index in [1.807, 2.05) is 21.0 Å². The van der Waals surface area contributed by atoms with Crippen LogP contribution in [0.2, 0.25) is 0 Å². The molecular weight excluding hydrogens is 258 g/mol. The Balaban J connectivity index is 4.03. The van der Waals surface area contributed by atoms with Gasteiger partial charge in [0.15, 0.2) is 5.11 Å². The highest BCUT2D eigenvalue weighted by Gasteiger charge is 1.94. The molecule has 0 saturated carbocycles. The van der Waals surface area contributed by atoms with Gasteiger partial charge in [0.1, 0.15) is 0 Å². The lowest BCUT2D eigenvalue weighted by Crippen LogP contribution is -2.31. The molecule has 0 aromatic rings. The van der Waals surface area contributed by atoms with E-state index in [9.17, 15) is 0 Å². The minimum atomic E-state index is 0.233. The van der Waals surface area contributed by atoms with Crippen molar-refractivity contribution in [3.63, 3.8) is 0 Å². The molecule has 0 fully saturated rings. The first-order valence-electron chi connectivity index (χ1n) is 4.94. The van der Waals surface area contributed by atoms with E-state index in [2.05, 4.69) is 21.1 Å². The molecule has 0 amide bonds. The van der Waals surface area contributed by atoms with Gasteiger partial charge < -0.3 is 9.64 Å². The fourth-order valence-electron chi connectivity index (χ4n) is 0.607. The zero-order chi connectivity index (χ0) is 13.3. The number of thiocarbonyl (C=S) groups is 2. The zero-order valence-corrected chi connectivity index (χ0v) is 12.0. The molecule has 17 heavy (non-hydrogen) atoms. The van der Waals surface area contributed by atoms with Crippen molar-refractivity contribution in [3.8, 4) is 0 Å². The number of ether oxygens (including phenoxy) is 1. The Labute approximate surface area is 112 Å². The van der Waals surface area contributed by atoms with Gasteiger partial charge in [0.25, 0.3) is 5.17 Å². The molecule has 0 saturated heterocycles. The van der Waals surface area contributed by atoms with Gasteiger partial charge in [-0.1, -0.05) is 0 Å². The number of nitrogens with zero attached hydrogens (tertiary/aromatic N) is 3. The number of hydrogen-bond donors (Lipinski definition) is 2. The summed E-state index contributed by atoms with van der Waals surface area (Å²) in [6, 6.07) is 0. The molecule has 6 nitrogen and oxygen atoms in total. The van der Waals surface area contributed by atoms with E-state index in [1.165, 1.54) is 6.21 Å². The lowest BCUT2D eigenvalue weighted by molar-refractivity contribution is 0.321. The lowest BCUT2D eigenvalue weighted by atomic mass is 10.5. The van der Waals surface area contributed by atoms with Gasteiger partial charge in [-0.25, -0.2) is 5.43 Å². The van der Waals surface area contributed by atoms with Crippen LogP contribution in [0.1, 0.15) is 13.8 Å². The van der Waals surface area contributed by atoms with Crippen LogP contribution in [0.5, 0.6) is 0 Å². The van der Waals surface area contributed by atoms with Crippen LogP contribution >= 0.6 is 24.4 Å². The molecule has 2 N–H and O–H groups in total. The maximum Gasteiger partial charge on any atom is 0.277 e. The second-order valence-electron chi connectivity index (χ2n) is 3.16. The minimum Gasteiger partial charge on any atom is -0.470 e. The summed E-state index contributed by atoms with van der Waals surface area (Å²) < 4.78 is 4.99. The molecule has 0 heterocycles. The Morgan fingerprint density at radius 2 is 2.00 bits per heavy atom. The van der Waals surface area contributed by atoms with Crippen molar-refractivity contribution in [2.75, 3.05) is 20.7 Å². The highest BCUT2D eigenvalue weighted by Crippen LogP contribution is 1.80. The zero-order valence-electron chi connectivity index (χ0n) is 10.4. The highest BCUT2D eigenvalue weighted by molar-refractivity contribution is 7.80. The summed E-state index contributed by atoms with van der Waals surface area (Å²) in [5, 5.41) is 8.60. The third kappa shape index (κ3) is 8.52. The first kappa shape index (κ1) is 15.7. The molecule has 0 aliphatic heterocycles. The normalized spacial score (nSPS) is 11.2. The first-order chi connectivity index (χ1) is 7.97. The summed E-state index contributed by atoms with van der Waals surface area (Å²) in [5.41, 5.74) is 5.90. The molecule has 0 rings (SSSR count). The Kier molecular flexibility index (Phi) is 8.16. The number of nitrogens with one attached hydrogen (secondary N) is 2. The van der Waals surface area contributed by atoms with E-state index in [-0.39, 0.29) is 5.17 Å². The predicted molar refractivity (Wildman–Crippen MR) is 78.4 cm³/mol. The van der Waals surface area contributed by atoms with Crippen molar-refractivity contribution in [3.05, 3.63) is 0 Å². The fourth-order valence-corrected chi connectivity index (χ4v) is 0.823. The molecule has 0 aliphatic carbocycles. The van der Waals surface area contributed by atoms with E-state index in [4.69, 9.17) is 29.2 Å². The summed E-state index contributed by atoms with van der Waals surface area (Å²) in [7, 11) is 3.65. The highest BCUT2D eigenvalue weighted by atomic mass is 32.1. The van der Waals surface area contributed by atoms with Gasteiger partial charge in [-0.05, 0) is 38.3 Å². The van der Waals surface area contributed by atoms with Crippen LogP contribution in [0.3, 0.4) is 0 Å². The largest absolute Gasteiger partial charge is 0.470 e. The smallest absolute Gasteiger partial charge is 0.277 e. The average Bonchev–Trinajstić information content (AvgIpc) is 2.26. The molecule has 0 aliphatic rings. The molecule has 0 aromatic heterocycles. The van der Waals surface area contributed by atoms with Crippen molar-refractivity contribution < 1.29 is 4.74 Å². The Morgan fingerprint density at radius 1 is 1.35 bits per heavy atom. The van der Waals surface area contributed by atoms with Gasteiger partial charge >= 0.3 is 0 Å². The first-order valence-corrected chi connectivity index (χ1v) is 5.76. The van der Waals surface area contributed by atoms with Crippen molar-refractivity contribution in [2.24, 2.45) is 10.2 Å². The van der Waals surface area contributed by atoms with Crippen LogP contribution in [0.25, 0.3) is 0 Å². The van der Waals surface area contributed by atoms with Gasteiger partial charge in [-0.2, -0.15) is 10.2 Å². The number of rotatable bonds is 4. The van der Waals surface area contributed by atoms with Gasteiger partial charge in [0.2, 0.25) is 0 Å². The molecule has 0 spiro atoms. The molecule has 0 radical (unpaired) electrons. The topological polar surface area (TPSA) is 61.2 Å². The maximum absolute atomic E-state index is 4.99. The van der Waals surface area contributed by atoms with E-state index in [0.29, 0.717) is 17.4 Å². The quantitative estimate of drug-likeness (QED) is 0.447. The Morgan fingerprint density at radius 3 is 2.53 bits per heavy atom. The van der Waals surface area contributed by atoms with Gasteiger partial charge in [-0.15, -0.1) is 0 Å². The molecular formula is C9H17N5OS2. The predicted octanol–water partition coefficient (Wildman–Crippen LogP) is 0.695. The van der Waals surface area contributed by atoms with Gasteiger partial charge in [-0.3, -0.25) is 5.43 Å². The number of hydrazone groups is 2. The van der Waals surface area contributed by atoms with Crippen LogP contribution in [-0.2, 0) is 4.74 Å². The van der Waals surface area contributed by atoms with Crippen LogP contribution < -0.4 is 10.9 Å². The molecule has 8 heteroatoms. The molecule has 0 atom stereocenters. The second kappa shape index (κ2) is 8.82. The SMILES string of the molecule is CCOC(=S)N/N=C(C)/C=N/NC(=S)N(C)C. The van der Waals surface area contributed by atoms with Crippen molar-refractivity contribution >= 4 is 46.6 Å². The van der Waals surface area contributed by atoms with E-state index >= 15 is 0 Å². The summed E-state index contributed by atoms with van der Waals surface area (Å²) in [6.07, 6.45) is 1.53. The van der Waals surface area contributed by atoms with Gasteiger partial charge in [0, 0.05) is 14.1 Å². The van der Waals surface area contributed by atoms with E-state index in [0.717, 1.165) is 0 Å². The summed E-state index contributed by atoms with van der Waals surface area (Å²) in [5.74, 6) is 0. The van der Waals surface area contributed by atoms with E-state index < -0.39 is 0 Å². The number of hydrogen-bond acceptors (Lipinski definition) is 5. The third-order valence-electron chi connectivity index (χ3n) is 1.42. The Bertz CT molecular complexity index is 327. The van der Waals surface area contributed by atoms with Crippen LogP contribution in [0, 0.1) is 0 Å². The van der Waals surface area contributed by atoms with Crippen LogP contribution in [-0.4, -0.2) is 47.8 Å². The van der Waals surface area contributed by atoms with Crippen molar-refractivity contribution in [1.29, 1.82) is 0 Å². The monoisotopic (exact) mass is 275 g/mol. The van der Waals surface area contributed by atoms with Crippen molar-refractivity contribution in [1.82, 2.24) is 15.8 Å². The Hall–Kier alpha value is -1.28. The molecule has 0 unspecified atom stereocenters.